The lowest BCUT2D eigenvalue weighted by atomic mass is 10.1. The first kappa shape index (κ1) is 18.9. The number of piperazine rings is 1. The number of pyridine rings is 1. The van der Waals surface area contributed by atoms with Crippen molar-refractivity contribution in [2.24, 2.45) is 0 Å². The van der Waals surface area contributed by atoms with Gasteiger partial charge >= 0.3 is 0 Å². The standard InChI is InChI=1S/C24H26N6/c1-16-21-7-8-27-23(21)6-5-22(16)29-24-17(12-26-13-18(24)11-25)4-2-3-9-30-15-19-10-20(30)14-28-19/h2,4-8,12-13,19-20,27-28H,3,9-10,14-15H2,1H3,(H,26,29)/b4-2+. The second-order valence-electron chi connectivity index (χ2n) is 8.25. The minimum absolute atomic E-state index is 0.550. The molecule has 1 aromatic carbocycles. The summed E-state index contributed by atoms with van der Waals surface area (Å²) in [7, 11) is 0. The van der Waals surface area contributed by atoms with Gasteiger partial charge in [0.2, 0.25) is 0 Å². The topological polar surface area (TPSA) is 79.8 Å². The van der Waals surface area contributed by atoms with Gasteiger partial charge in [0, 0.05) is 72.5 Å². The number of nitrogens with zero attached hydrogens (tertiary/aromatic N) is 3. The molecule has 2 fully saturated rings. The summed E-state index contributed by atoms with van der Waals surface area (Å²) in [6, 6.07) is 9.87. The minimum atomic E-state index is 0.550. The molecule has 3 aromatic rings. The fourth-order valence-electron chi connectivity index (χ4n) is 4.75. The molecule has 6 nitrogen and oxygen atoms in total. The monoisotopic (exact) mass is 398 g/mol. The third-order valence-corrected chi connectivity index (χ3v) is 6.41. The predicted octanol–water partition coefficient (Wildman–Crippen LogP) is 3.94. The second-order valence-corrected chi connectivity index (χ2v) is 8.25. The molecular formula is C24H26N6. The van der Waals surface area contributed by atoms with E-state index in [1.807, 2.05) is 12.4 Å². The van der Waals surface area contributed by atoms with Crippen molar-refractivity contribution in [2.75, 3.05) is 25.0 Å². The molecule has 0 radical (unpaired) electrons. The molecule has 6 heteroatoms. The summed E-state index contributed by atoms with van der Waals surface area (Å²) in [6.07, 6.45) is 12.0. The Morgan fingerprint density at radius 1 is 1.33 bits per heavy atom. The van der Waals surface area contributed by atoms with Crippen molar-refractivity contribution in [1.29, 1.82) is 5.26 Å². The van der Waals surface area contributed by atoms with E-state index in [4.69, 9.17) is 0 Å². The van der Waals surface area contributed by atoms with Crippen molar-refractivity contribution in [2.45, 2.75) is 31.8 Å². The van der Waals surface area contributed by atoms with Crippen LogP contribution in [0.5, 0.6) is 0 Å². The smallest absolute Gasteiger partial charge is 0.103 e. The van der Waals surface area contributed by atoms with Crippen LogP contribution in [0.25, 0.3) is 17.0 Å². The van der Waals surface area contributed by atoms with E-state index in [0.29, 0.717) is 17.6 Å². The molecule has 0 amide bonds. The van der Waals surface area contributed by atoms with E-state index >= 15 is 0 Å². The second kappa shape index (κ2) is 7.94. The van der Waals surface area contributed by atoms with Crippen LogP contribution in [-0.2, 0) is 0 Å². The number of nitriles is 1. The maximum atomic E-state index is 9.63. The van der Waals surface area contributed by atoms with Gasteiger partial charge in [0.25, 0.3) is 0 Å². The number of nitrogens with one attached hydrogen (secondary N) is 3. The van der Waals surface area contributed by atoms with Crippen LogP contribution in [0.3, 0.4) is 0 Å². The quantitative estimate of drug-likeness (QED) is 0.586. The summed E-state index contributed by atoms with van der Waals surface area (Å²) in [5.74, 6) is 0. The first-order valence-corrected chi connectivity index (χ1v) is 10.6. The number of aromatic nitrogens is 2. The Hall–Kier alpha value is -3.14. The maximum Gasteiger partial charge on any atom is 0.103 e. The molecule has 0 spiro atoms. The van der Waals surface area contributed by atoms with Crippen LogP contribution in [-0.4, -0.2) is 46.6 Å². The third kappa shape index (κ3) is 3.47. The fraction of sp³-hybridized carbons (Fsp3) is 0.333. The number of rotatable bonds is 6. The van der Waals surface area contributed by atoms with Crippen molar-refractivity contribution in [1.82, 2.24) is 20.2 Å². The molecule has 152 valence electrons. The summed E-state index contributed by atoms with van der Waals surface area (Å²) in [6.45, 7) is 5.47. The third-order valence-electron chi connectivity index (χ3n) is 6.41. The Kier molecular flexibility index (Phi) is 4.99. The number of H-pyrrole nitrogens is 1. The zero-order valence-corrected chi connectivity index (χ0v) is 17.2. The van der Waals surface area contributed by atoms with Crippen molar-refractivity contribution < 1.29 is 0 Å². The lowest BCUT2D eigenvalue weighted by molar-refractivity contribution is 0.230. The van der Waals surface area contributed by atoms with Gasteiger partial charge in [0.05, 0.1) is 11.3 Å². The highest BCUT2D eigenvalue weighted by molar-refractivity contribution is 5.89. The van der Waals surface area contributed by atoms with Gasteiger partial charge in [0.15, 0.2) is 0 Å². The highest BCUT2D eigenvalue weighted by Crippen LogP contribution is 2.31. The van der Waals surface area contributed by atoms with Crippen LogP contribution in [0.15, 0.2) is 42.9 Å². The number of aryl methyl sites for hydroxylation is 1. The Labute approximate surface area is 176 Å². The van der Waals surface area contributed by atoms with Crippen LogP contribution in [0.4, 0.5) is 11.4 Å². The van der Waals surface area contributed by atoms with Crippen LogP contribution in [0.2, 0.25) is 0 Å². The highest BCUT2D eigenvalue weighted by atomic mass is 15.3. The summed E-state index contributed by atoms with van der Waals surface area (Å²) in [5.41, 5.74) is 5.56. The number of aromatic amines is 1. The maximum absolute atomic E-state index is 9.63. The van der Waals surface area contributed by atoms with Crippen molar-refractivity contribution in [3.05, 3.63) is 59.6 Å². The Balaban J connectivity index is 1.35. The summed E-state index contributed by atoms with van der Waals surface area (Å²) in [5, 5.41) is 17.9. The molecule has 4 heterocycles. The van der Waals surface area contributed by atoms with E-state index in [9.17, 15) is 5.26 Å². The van der Waals surface area contributed by atoms with E-state index in [-0.39, 0.29) is 0 Å². The van der Waals surface area contributed by atoms with Crippen LogP contribution >= 0.6 is 0 Å². The number of anilines is 2. The van der Waals surface area contributed by atoms with E-state index < -0.39 is 0 Å². The van der Waals surface area contributed by atoms with Gasteiger partial charge in [-0.05, 0) is 43.5 Å². The van der Waals surface area contributed by atoms with Crippen LogP contribution in [0, 0.1) is 18.3 Å². The fourth-order valence-corrected chi connectivity index (χ4v) is 4.75. The number of hydrogen-bond acceptors (Lipinski definition) is 5. The molecule has 2 aromatic heterocycles. The molecule has 2 unspecified atom stereocenters. The van der Waals surface area contributed by atoms with Gasteiger partial charge in [-0.15, -0.1) is 0 Å². The van der Waals surface area contributed by atoms with Crippen molar-refractivity contribution >= 4 is 28.4 Å². The summed E-state index contributed by atoms with van der Waals surface area (Å²) >= 11 is 0. The zero-order valence-electron chi connectivity index (χ0n) is 17.2. The molecule has 2 saturated heterocycles. The Bertz CT molecular complexity index is 1140. The molecule has 2 aliphatic heterocycles. The molecular weight excluding hydrogens is 372 g/mol. The normalized spacial score (nSPS) is 20.9. The number of benzene rings is 1. The molecule has 0 aliphatic carbocycles. The number of fused-ring (bicyclic) bond motifs is 3. The average Bonchev–Trinajstić information content (AvgIpc) is 3.51. The Morgan fingerprint density at radius 3 is 3.07 bits per heavy atom. The molecule has 2 aliphatic rings. The summed E-state index contributed by atoms with van der Waals surface area (Å²) in [4.78, 5) is 10.1. The average molecular weight is 399 g/mol. The highest BCUT2D eigenvalue weighted by Gasteiger charge is 2.36. The van der Waals surface area contributed by atoms with Gasteiger partial charge in [-0.1, -0.05) is 12.2 Å². The van der Waals surface area contributed by atoms with Crippen LogP contribution < -0.4 is 10.6 Å². The van der Waals surface area contributed by atoms with E-state index in [0.717, 1.165) is 54.1 Å². The minimum Gasteiger partial charge on any atom is -0.361 e. The molecule has 30 heavy (non-hydrogen) atoms. The SMILES string of the molecule is Cc1c(Nc2c(C#N)cncc2/C=C/CCN2CC3CC2CN3)ccc2[nH]ccc12. The number of hydrogen-bond donors (Lipinski definition) is 3. The van der Waals surface area contributed by atoms with Crippen LogP contribution in [0.1, 0.15) is 29.5 Å². The molecule has 0 saturated carbocycles. The van der Waals surface area contributed by atoms with Gasteiger partial charge in [-0.25, -0.2) is 0 Å². The molecule has 2 atom stereocenters. The van der Waals surface area contributed by atoms with Gasteiger partial charge in [0.1, 0.15) is 6.07 Å². The largest absolute Gasteiger partial charge is 0.361 e. The van der Waals surface area contributed by atoms with Crippen molar-refractivity contribution in [3.8, 4) is 6.07 Å². The van der Waals surface area contributed by atoms with Gasteiger partial charge in [-0.3, -0.25) is 9.88 Å². The van der Waals surface area contributed by atoms with Gasteiger partial charge < -0.3 is 15.6 Å². The zero-order chi connectivity index (χ0) is 20.5. The first-order valence-electron chi connectivity index (χ1n) is 10.6. The van der Waals surface area contributed by atoms with E-state index in [1.54, 1.807) is 6.20 Å². The first-order chi connectivity index (χ1) is 14.7. The lowest BCUT2D eigenvalue weighted by Crippen LogP contribution is -2.43. The van der Waals surface area contributed by atoms with E-state index in [1.165, 1.54) is 11.8 Å². The molecule has 5 rings (SSSR count). The van der Waals surface area contributed by atoms with Gasteiger partial charge in [-0.2, -0.15) is 5.26 Å². The summed E-state index contributed by atoms with van der Waals surface area (Å²) < 4.78 is 0. The predicted molar refractivity (Wildman–Crippen MR) is 121 cm³/mol. The molecule has 2 bridgehead atoms. The van der Waals surface area contributed by atoms with E-state index in [2.05, 4.69) is 68.8 Å². The van der Waals surface area contributed by atoms with Crippen molar-refractivity contribution in [3.63, 3.8) is 0 Å². The molecule has 3 N–H and O–H groups in total. The Morgan fingerprint density at radius 2 is 2.27 bits per heavy atom. The lowest BCUT2D eigenvalue weighted by Gasteiger charge is -2.26. The number of likely N-dealkylation sites (tertiary alicyclic amines) is 1.